The maximum absolute atomic E-state index is 11.6. The lowest BCUT2D eigenvalue weighted by molar-refractivity contribution is 0.0600. The number of ether oxygens (including phenoxy) is 1. The third-order valence-corrected chi connectivity index (χ3v) is 3.76. The van der Waals surface area contributed by atoms with Crippen LogP contribution >= 0.6 is 0 Å². The Morgan fingerprint density at radius 1 is 1.10 bits per heavy atom. The van der Waals surface area contributed by atoms with Crippen molar-refractivity contribution in [2.45, 2.75) is 13.0 Å². The highest BCUT2D eigenvalue weighted by molar-refractivity contribution is 5.89. The molecule has 0 fully saturated rings. The molecule has 0 atom stereocenters. The second kappa shape index (κ2) is 5.37. The number of carbonyl (C=O) groups excluding carboxylic acids is 1. The fraction of sp³-hybridized carbons (Fsp3) is 0.235. The van der Waals surface area contributed by atoms with Gasteiger partial charge in [-0.3, -0.25) is 0 Å². The Bertz CT molecular complexity index is 622. The summed E-state index contributed by atoms with van der Waals surface area (Å²) in [5.74, 6) is -0.265. The molecule has 2 aromatic carbocycles. The van der Waals surface area contributed by atoms with Crippen molar-refractivity contribution >= 4 is 11.7 Å². The zero-order valence-corrected chi connectivity index (χ0v) is 11.5. The van der Waals surface area contributed by atoms with Crippen LogP contribution in [0.4, 0.5) is 5.69 Å². The highest BCUT2D eigenvalue weighted by Gasteiger charge is 2.18. The predicted octanol–water partition coefficient (Wildman–Crippen LogP) is 3.04. The van der Waals surface area contributed by atoms with E-state index in [2.05, 4.69) is 29.2 Å². The summed E-state index contributed by atoms with van der Waals surface area (Å²) in [6.07, 6.45) is 0.953. The van der Waals surface area contributed by atoms with Crippen molar-refractivity contribution < 1.29 is 9.53 Å². The molecule has 102 valence electrons. The third kappa shape index (κ3) is 2.39. The van der Waals surface area contributed by atoms with Crippen LogP contribution in [0.5, 0.6) is 0 Å². The number of methoxy groups -OCH3 is 1. The Labute approximate surface area is 118 Å². The highest BCUT2D eigenvalue weighted by Crippen LogP contribution is 2.25. The van der Waals surface area contributed by atoms with Gasteiger partial charge in [-0.25, -0.2) is 4.79 Å². The van der Waals surface area contributed by atoms with Gasteiger partial charge in [-0.1, -0.05) is 24.3 Å². The van der Waals surface area contributed by atoms with E-state index in [1.54, 1.807) is 0 Å². The number of para-hydroxylation sites is 1. The number of rotatable bonds is 2. The molecular formula is C17H17NO2. The Kier molecular flexibility index (Phi) is 3.42. The number of nitrogens with zero attached hydrogens (tertiary/aromatic N) is 1. The van der Waals surface area contributed by atoms with Crippen LogP contribution in [0.15, 0.2) is 48.5 Å². The van der Waals surface area contributed by atoms with E-state index in [0.29, 0.717) is 5.56 Å². The first-order valence-corrected chi connectivity index (χ1v) is 6.78. The van der Waals surface area contributed by atoms with Gasteiger partial charge in [0.25, 0.3) is 0 Å². The molecule has 1 heterocycles. The molecule has 0 amide bonds. The summed E-state index contributed by atoms with van der Waals surface area (Å²) in [7, 11) is 1.42. The van der Waals surface area contributed by atoms with Crippen molar-refractivity contribution in [3.05, 3.63) is 65.2 Å². The van der Waals surface area contributed by atoms with Crippen LogP contribution in [0.1, 0.15) is 21.5 Å². The normalized spacial score (nSPS) is 13.8. The minimum Gasteiger partial charge on any atom is -0.465 e. The summed E-state index contributed by atoms with van der Waals surface area (Å²) in [5, 5.41) is 0. The van der Waals surface area contributed by atoms with Crippen LogP contribution in [0.25, 0.3) is 0 Å². The van der Waals surface area contributed by atoms with Crippen LogP contribution in [-0.2, 0) is 17.7 Å². The first-order chi connectivity index (χ1) is 9.78. The van der Waals surface area contributed by atoms with Gasteiger partial charge in [-0.05, 0) is 41.8 Å². The maximum Gasteiger partial charge on any atom is 0.337 e. The van der Waals surface area contributed by atoms with Crippen LogP contribution in [-0.4, -0.2) is 19.6 Å². The Morgan fingerprint density at radius 2 is 1.90 bits per heavy atom. The minimum absolute atomic E-state index is 0.265. The molecule has 20 heavy (non-hydrogen) atoms. The third-order valence-electron chi connectivity index (χ3n) is 3.76. The number of hydrogen-bond acceptors (Lipinski definition) is 3. The van der Waals surface area contributed by atoms with Crippen LogP contribution in [0.2, 0.25) is 0 Å². The topological polar surface area (TPSA) is 29.5 Å². The van der Waals surface area contributed by atoms with Crippen molar-refractivity contribution in [1.29, 1.82) is 0 Å². The molecule has 0 radical (unpaired) electrons. The maximum atomic E-state index is 11.6. The molecule has 2 aromatic rings. The number of carbonyl (C=O) groups is 1. The van der Waals surface area contributed by atoms with Gasteiger partial charge < -0.3 is 9.64 Å². The van der Waals surface area contributed by atoms with E-state index in [1.807, 2.05) is 24.3 Å². The van der Waals surface area contributed by atoms with Crippen molar-refractivity contribution in [1.82, 2.24) is 0 Å². The summed E-state index contributed by atoms with van der Waals surface area (Å²) < 4.78 is 4.77. The molecule has 0 N–H and O–H groups in total. The first kappa shape index (κ1) is 12.7. The summed E-state index contributed by atoms with van der Waals surface area (Å²) in [6, 6.07) is 16.3. The van der Waals surface area contributed by atoms with Crippen molar-refractivity contribution in [2.24, 2.45) is 0 Å². The second-order valence-corrected chi connectivity index (χ2v) is 4.98. The highest BCUT2D eigenvalue weighted by atomic mass is 16.5. The molecule has 0 spiro atoms. The lowest BCUT2D eigenvalue weighted by Crippen LogP contribution is -2.30. The van der Waals surface area contributed by atoms with E-state index >= 15 is 0 Å². The fourth-order valence-corrected chi connectivity index (χ4v) is 2.66. The molecule has 0 unspecified atom stereocenters. The summed E-state index contributed by atoms with van der Waals surface area (Å²) in [4.78, 5) is 13.9. The number of fused-ring (bicyclic) bond motifs is 1. The van der Waals surface area contributed by atoms with Gasteiger partial charge in [-0.2, -0.15) is 0 Å². The molecule has 0 saturated heterocycles. The van der Waals surface area contributed by atoms with Gasteiger partial charge in [0, 0.05) is 18.8 Å². The Morgan fingerprint density at radius 3 is 2.65 bits per heavy atom. The molecule has 3 heteroatoms. The van der Waals surface area contributed by atoms with E-state index in [-0.39, 0.29) is 5.97 Å². The molecule has 0 bridgehead atoms. The zero-order valence-electron chi connectivity index (χ0n) is 11.5. The molecule has 3 rings (SSSR count). The van der Waals surface area contributed by atoms with Crippen molar-refractivity contribution in [2.75, 3.05) is 18.6 Å². The lowest BCUT2D eigenvalue weighted by atomic mass is 9.97. The van der Waals surface area contributed by atoms with Gasteiger partial charge >= 0.3 is 5.97 Å². The smallest absolute Gasteiger partial charge is 0.337 e. The standard InChI is InChI=1S/C17H17NO2/c1-20-17(19)14-7-8-15-12-18(10-9-13(15)11-14)16-5-3-2-4-6-16/h2-8,11H,9-10,12H2,1H3. The van der Waals surface area contributed by atoms with Crippen LogP contribution < -0.4 is 4.90 Å². The van der Waals surface area contributed by atoms with Crippen molar-refractivity contribution in [3.8, 4) is 0 Å². The van der Waals surface area contributed by atoms with Gasteiger partial charge in [0.05, 0.1) is 12.7 Å². The second-order valence-electron chi connectivity index (χ2n) is 4.98. The first-order valence-electron chi connectivity index (χ1n) is 6.78. The summed E-state index contributed by atoms with van der Waals surface area (Å²) in [5.41, 5.74) is 4.42. The number of esters is 1. The number of anilines is 1. The molecular weight excluding hydrogens is 250 g/mol. The molecule has 3 nitrogen and oxygen atoms in total. The minimum atomic E-state index is -0.265. The van der Waals surface area contributed by atoms with E-state index < -0.39 is 0 Å². The largest absolute Gasteiger partial charge is 0.465 e. The Balaban J connectivity index is 1.84. The van der Waals surface area contributed by atoms with Crippen LogP contribution in [0.3, 0.4) is 0 Å². The predicted molar refractivity (Wildman–Crippen MR) is 79.0 cm³/mol. The quantitative estimate of drug-likeness (QED) is 0.783. The van der Waals surface area contributed by atoms with E-state index in [9.17, 15) is 4.79 Å². The molecule has 0 saturated carbocycles. The summed E-state index contributed by atoms with van der Waals surface area (Å²) >= 11 is 0. The van der Waals surface area contributed by atoms with Gasteiger partial charge in [-0.15, -0.1) is 0 Å². The van der Waals surface area contributed by atoms with E-state index in [4.69, 9.17) is 4.74 Å². The molecule has 1 aliphatic heterocycles. The number of benzene rings is 2. The van der Waals surface area contributed by atoms with E-state index in [0.717, 1.165) is 19.5 Å². The monoisotopic (exact) mass is 267 g/mol. The van der Waals surface area contributed by atoms with Crippen molar-refractivity contribution in [3.63, 3.8) is 0 Å². The molecule has 1 aliphatic rings. The average Bonchev–Trinajstić information content (AvgIpc) is 2.54. The fourth-order valence-electron chi connectivity index (χ4n) is 2.66. The molecule has 0 aliphatic carbocycles. The lowest BCUT2D eigenvalue weighted by Gasteiger charge is -2.31. The van der Waals surface area contributed by atoms with Crippen LogP contribution in [0, 0.1) is 0 Å². The van der Waals surface area contributed by atoms with Gasteiger partial charge in [0.1, 0.15) is 0 Å². The zero-order chi connectivity index (χ0) is 13.9. The average molecular weight is 267 g/mol. The van der Waals surface area contributed by atoms with Gasteiger partial charge in [0.2, 0.25) is 0 Å². The summed E-state index contributed by atoms with van der Waals surface area (Å²) in [6.45, 7) is 1.86. The van der Waals surface area contributed by atoms with E-state index in [1.165, 1.54) is 23.9 Å². The Hall–Kier alpha value is -2.29. The number of hydrogen-bond donors (Lipinski definition) is 0. The SMILES string of the molecule is COC(=O)c1ccc2c(c1)CCN(c1ccccc1)C2. The molecule has 0 aromatic heterocycles. The van der Waals surface area contributed by atoms with Gasteiger partial charge in [0.15, 0.2) is 0 Å².